The lowest BCUT2D eigenvalue weighted by molar-refractivity contribution is 0.311. The second-order valence-electron chi connectivity index (χ2n) is 6.55. The fraction of sp³-hybridized carbons (Fsp3) is 0.667. The molecular formula is C18H29BrN2. The summed E-state index contributed by atoms with van der Waals surface area (Å²) in [5.41, 5.74) is 2.82. The zero-order chi connectivity index (χ0) is 15.4. The minimum absolute atomic E-state index is 0.404. The molecule has 1 aliphatic rings. The van der Waals surface area contributed by atoms with Crippen LogP contribution in [-0.4, -0.2) is 19.6 Å². The Morgan fingerprint density at radius 2 is 1.90 bits per heavy atom. The van der Waals surface area contributed by atoms with Crippen molar-refractivity contribution in [3.05, 3.63) is 28.2 Å². The first kappa shape index (κ1) is 16.8. The summed E-state index contributed by atoms with van der Waals surface area (Å²) in [4.78, 5) is 2.58. The van der Waals surface area contributed by atoms with Crippen LogP contribution in [0.25, 0.3) is 0 Å². The summed E-state index contributed by atoms with van der Waals surface area (Å²) in [7, 11) is 0. The number of anilines is 1. The van der Waals surface area contributed by atoms with Crippen molar-refractivity contribution in [1.29, 1.82) is 0 Å². The van der Waals surface area contributed by atoms with E-state index in [0.717, 1.165) is 18.4 Å². The zero-order valence-corrected chi connectivity index (χ0v) is 15.4. The third kappa shape index (κ3) is 4.23. The summed E-state index contributed by atoms with van der Waals surface area (Å²) in [6.07, 6.45) is 2.64. The predicted octanol–water partition coefficient (Wildman–Crippen LogP) is 4.99. The largest absolute Gasteiger partial charge is 0.371 e. The molecule has 0 aromatic heterocycles. The van der Waals surface area contributed by atoms with Gasteiger partial charge in [-0.2, -0.15) is 0 Å². The summed E-state index contributed by atoms with van der Waals surface area (Å²) in [6.45, 7) is 12.5. The van der Waals surface area contributed by atoms with E-state index in [1.54, 1.807) is 0 Å². The number of rotatable bonds is 5. The second-order valence-corrected chi connectivity index (χ2v) is 7.47. The Balaban J connectivity index is 2.17. The van der Waals surface area contributed by atoms with Crippen LogP contribution in [0.4, 0.5) is 5.69 Å². The van der Waals surface area contributed by atoms with Gasteiger partial charge in [0.25, 0.3) is 0 Å². The molecule has 1 N–H and O–H groups in total. The molecule has 1 atom stereocenters. The molecule has 1 fully saturated rings. The van der Waals surface area contributed by atoms with Crippen LogP contribution < -0.4 is 10.2 Å². The lowest BCUT2D eigenvalue weighted by atomic mass is 9.86. The summed E-state index contributed by atoms with van der Waals surface area (Å²) in [5.74, 6) is 1.71. The van der Waals surface area contributed by atoms with Crippen LogP contribution in [0.15, 0.2) is 22.7 Å². The molecule has 1 aliphatic heterocycles. The molecule has 118 valence electrons. The first-order chi connectivity index (χ1) is 10.0. The van der Waals surface area contributed by atoms with E-state index >= 15 is 0 Å². The van der Waals surface area contributed by atoms with E-state index < -0.39 is 0 Å². The van der Waals surface area contributed by atoms with Gasteiger partial charge >= 0.3 is 0 Å². The van der Waals surface area contributed by atoms with Crippen LogP contribution in [-0.2, 0) is 0 Å². The quantitative estimate of drug-likeness (QED) is 0.802. The number of nitrogens with zero attached hydrogens (tertiary/aromatic N) is 1. The normalized spacial score (nSPS) is 18.3. The van der Waals surface area contributed by atoms with Crippen LogP contribution in [0.2, 0.25) is 0 Å². The monoisotopic (exact) mass is 352 g/mol. The van der Waals surface area contributed by atoms with Gasteiger partial charge in [-0.3, -0.25) is 0 Å². The lowest BCUT2D eigenvalue weighted by Crippen LogP contribution is -2.36. The van der Waals surface area contributed by atoms with E-state index in [1.165, 1.54) is 41.7 Å². The second kappa shape index (κ2) is 7.64. The molecule has 1 aromatic carbocycles. The first-order valence-corrected chi connectivity index (χ1v) is 9.10. The van der Waals surface area contributed by atoms with E-state index in [-0.39, 0.29) is 0 Å². The van der Waals surface area contributed by atoms with E-state index in [2.05, 4.69) is 72.0 Å². The standard InChI is InChI=1S/C18H29BrN2/c1-5-20-14(4)17-7-6-16(19)12-18(17)21-10-8-15(9-11-21)13(2)3/h6-7,12-15,20H,5,8-11H2,1-4H3. The van der Waals surface area contributed by atoms with Gasteiger partial charge in [0.05, 0.1) is 0 Å². The van der Waals surface area contributed by atoms with Gasteiger partial charge in [-0.25, -0.2) is 0 Å². The SMILES string of the molecule is CCNC(C)c1ccc(Br)cc1N1CCC(C(C)C)CC1. The minimum atomic E-state index is 0.404. The van der Waals surface area contributed by atoms with Gasteiger partial charge in [0, 0.05) is 29.3 Å². The molecule has 1 aromatic rings. The Labute approximate surface area is 138 Å². The molecular weight excluding hydrogens is 324 g/mol. The van der Waals surface area contributed by atoms with Crippen molar-refractivity contribution in [1.82, 2.24) is 5.32 Å². The van der Waals surface area contributed by atoms with E-state index in [1.807, 2.05) is 0 Å². The van der Waals surface area contributed by atoms with Crippen molar-refractivity contribution in [2.45, 2.75) is 46.6 Å². The number of benzene rings is 1. The highest BCUT2D eigenvalue weighted by atomic mass is 79.9. The maximum Gasteiger partial charge on any atom is 0.0425 e. The van der Waals surface area contributed by atoms with Crippen molar-refractivity contribution in [2.24, 2.45) is 11.8 Å². The van der Waals surface area contributed by atoms with Crippen molar-refractivity contribution in [3.8, 4) is 0 Å². The fourth-order valence-corrected chi connectivity index (χ4v) is 3.73. The van der Waals surface area contributed by atoms with Gasteiger partial charge in [0.15, 0.2) is 0 Å². The van der Waals surface area contributed by atoms with Crippen LogP contribution in [0.1, 0.15) is 52.1 Å². The molecule has 0 saturated carbocycles. The highest BCUT2D eigenvalue weighted by molar-refractivity contribution is 9.10. The van der Waals surface area contributed by atoms with Gasteiger partial charge in [0.2, 0.25) is 0 Å². The van der Waals surface area contributed by atoms with Crippen LogP contribution >= 0.6 is 15.9 Å². The summed E-state index contributed by atoms with van der Waals surface area (Å²) >= 11 is 3.64. The van der Waals surface area contributed by atoms with Gasteiger partial charge in [0.1, 0.15) is 0 Å². The fourth-order valence-electron chi connectivity index (χ4n) is 3.38. The molecule has 0 radical (unpaired) electrons. The maximum atomic E-state index is 3.64. The van der Waals surface area contributed by atoms with E-state index in [9.17, 15) is 0 Å². The van der Waals surface area contributed by atoms with Crippen molar-refractivity contribution in [2.75, 3.05) is 24.5 Å². The minimum Gasteiger partial charge on any atom is -0.371 e. The summed E-state index contributed by atoms with van der Waals surface area (Å²) < 4.78 is 1.18. The topological polar surface area (TPSA) is 15.3 Å². The van der Waals surface area contributed by atoms with E-state index in [4.69, 9.17) is 0 Å². The molecule has 2 nitrogen and oxygen atoms in total. The van der Waals surface area contributed by atoms with Crippen LogP contribution in [0.5, 0.6) is 0 Å². The number of hydrogen-bond donors (Lipinski definition) is 1. The number of halogens is 1. The highest BCUT2D eigenvalue weighted by Crippen LogP contribution is 2.34. The third-order valence-electron chi connectivity index (χ3n) is 4.79. The molecule has 1 saturated heterocycles. The van der Waals surface area contributed by atoms with Gasteiger partial charge in [-0.05, 0) is 55.8 Å². The zero-order valence-electron chi connectivity index (χ0n) is 13.8. The van der Waals surface area contributed by atoms with Crippen LogP contribution in [0.3, 0.4) is 0 Å². The highest BCUT2D eigenvalue weighted by Gasteiger charge is 2.24. The lowest BCUT2D eigenvalue weighted by Gasteiger charge is -2.37. The summed E-state index contributed by atoms with van der Waals surface area (Å²) in [6, 6.07) is 7.12. The molecule has 3 heteroatoms. The Morgan fingerprint density at radius 3 is 2.48 bits per heavy atom. The molecule has 0 amide bonds. The third-order valence-corrected chi connectivity index (χ3v) is 5.29. The van der Waals surface area contributed by atoms with Gasteiger partial charge in [-0.1, -0.05) is 42.8 Å². The molecule has 1 heterocycles. The van der Waals surface area contributed by atoms with Crippen molar-refractivity contribution < 1.29 is 0 Å². The van der Waals surface area contributed by atoms with E-state index in [0.29, 0.717) is 6.04 Å². The molecule has 1 unspecified atom stereocenters. The predicted molar refractivity (Wildman–Crippen MR) is 96.0 cm³/mol. The average Bonchev–Trinajstić information content (AvgIpc) is 2.47. The van der Waals surface area contributed by atoms with Gasteiger partial charge < -0.3 is 10.2 Å². The first-order valence-electron chi connectivity index (χ1n) is 8.30. The Bertz CT molecular complexity index is 451. The average molecular weight is 353 g/mol. The Morgan fingerprint density at radius 1 is 1.24 bits per heavy atom. The molecule has 0 spiro atoms. The maximum absolute atomic E-state index is 3.64. The summed E-state index contributed by atoms with van der Waals surface area (Å²) in [5, 5.41) is 3.55. The molecule has 2 rings (SSSR count). The molecule has 0 bridgehead atoms. The number of hydrogen-bond acceptors (Lipinski definition) is 2. The number of piperidine rings is 1. The molecule has 21 heavy (non-hydrogen) atoms. The van der Waals surface area contributed by atoms with Gasteiger partial charge in [-0.15, -0.1) is 0 Å². The smallest absolute Gasteiger partial charge is 0.0425 e. The van der Waals surface area contributed by atoms with Crippen LogP contribution in [0, 0.1) is 11.8 Å². The number of nitrogens with one attached hydrogen (secondary N) is 1. The Hall–Kier alpha value is -0.540. The van der Waals surface area contributed by atoms with Crippen molar-refractivity contribution >= 4 is 21.6 Å². The Kier molecular flexibility index (Phi) is 6.12. The molecule has 0 aliphatic carbocycles. The van der Waals surface area contributed by atoms with Crippen molar-refractivity contribution in [3.63, 3.8) is 0 Å².